The van der Waals surface area contributed by atoms with E-state index in [9.17, 15) is 0 Å². The molecule has 1 aliphatic rings. The number of methoxy groups -OCH3 is 1. The van der Waals surface area contributed by atoms with Gasteiger partial charge in [-0.05, 0) is 12.8 Å². The fourth-order valence-electron chi connectivity index (χ4n) is 1.26. The first-order valence-electron chi connectivity index (χ1n) is 3.53. The minimum absolute atomic E-state index is 0.0787. The molecule has 2 atom stereocenters. The van der Waals surface area contributed by atoms with Crippen molar-refractivity contribution in [2.45, 2.75) is 26.1 Å². The molecule has 1 fully saturated rings. The van der Waals surface area contributed by atoms with Crippen LogP contribution in [-0.4, -0.2) is 20.0 Å². The van der Waals surface area contributed by atoms with Crippen molar-refractivity contribution in [3.8, 4) is 0 Å². The largest absolute Gasteiger partial charge is 0.356 e. The molecule has 1 rings (SSSR count). The van der Waals surface area contributed by atoms with Crippen LogP contribution in [0.5, 0.6) is 0 Å². The summed E-state index contributed by atoms with van der Waals surface area (Å²) in [6.45, 7) is 3.04. The van der Waals surface area contributed by atoms with E-state index in [1.165, 1.54) is 6.42 Å². The third kappa shape index (κ3) is 1.43. The smallest absolute Gasteiger partial charge is 0.160 e. The Morgan fingerprint density at radius 2 is 2.44 bits per heavy atom. The first-order valence-corrected chi connectivity index (χ1v) is 3.53. The maximum atomic E-state index is 5.28. The van der Waals surface area contributed by atoms with Gasteiger partial charge in [0.15, 0.2) is 6.29 Å². The van der Waals surface area contributed by atoms with Crippen LogP contribution in [0.1, 0.15) is 19.8 Å². The van der Waals surface area contributed by atoms with Crippen molar-refractivity contribution >= 4 is 0 Å². The first-order chi connectivity index (χ1) is 4.38. The highest BCUT2D eigenvalue weighted by molar-refractivity contribution is 4.66. The van der Waals surface area contributed by atoms with Gasteiger partial charge in [-0.15, -0.1) is 0 Å². The third-order valence-electron chi connectivity index (χ3n) is 1.91. The van der Waals surface area contributed by atoms with Crippen molar-refractivity contribution in [3.05, 3.63) is 0 Å². The van der Waals surface area contributed by atoms with Gasteiger partial charge in [-0.3, -0.25) is 0 Å². The number of hydrogen-bond donors (Lipinski definition) is 0. The second kappa shape index (κ2) is 3.18. The van der Waals surface area contributed by atoms with Crippen molar-refractivity contribution in [1.29, 1.82) is 0 Å². The Hall–Kier alpha value is -0.0800. The quantitative estimate of drug-likeness (QED) is 0.562. The molecular weight excluding hydrogens is 116 g/mol. The molecule has 0 unspecified atom stereocenters. The van der Waals surface area contributed by atoms with Gasteiger partial charge >= 0.3 is 0 Å². The Morgan fingerprint density at radius 3 is 2.89 bits per heavy atom. The maximum Gasteiger partial charge on any atom is 0.160 e. The van der Waals surface area contributed by atoms with Crippen molar-refractivity contribution in [1.82, 2.24) is 0 Å². The Kier molecular flexibility index (Phi) is 2.49. The van der Waals surface area contributed by atoms with Crippen LogP contribution in [0.25, 0.3) is 0 Å². The van der Waals surface area contributed by atoms with Crippen LogP contribution in [0, 0.1) is 5.92 Å². The monoisotopic (exact) mass is 130 g/mol. The molecule has 2 heteroatoms. The normalized spacial score (nSPS) is 35.3. The summed E-state index contributed by atoms with van der Waals surface area (Å²) in [7, 11) is 1.71. The molecule has 0 saturated carbocycles. The van der Waals surface area contributed by atoms with Crippen LogP contribution >= 0.6 is 0 Å². The first kappa shape index (κ1) is 7.03. The Balaban J connectivity index is 2.32. The van der Waals surface area contributed by atoms with Gasteiger partial charge in [-0.2, -0.15) is 0 Å². The molecular formula is C7H14O2. The summed E-state index contributed by atoms with van der Waals surface area (Å²) in [5, 5.41) is 0. The molecule has 54 valence electrons. The topological polar surface area (TPSA) is 18.5 Å². The van der Waals surface area contributed by atoms with Crippen molar-refractivity contribution in [2.75, 3.05) is 13.7 Å². The summed E-state index contributed by atoms with van der Waals surface area (Å²) in [5.41, 5.74) is 0. The van der Waals surface area contributed by atoms with E-state index in [1.807, 2.05) is 0 Å². The van der Waals surface area contributed by atoms with Crippen LogP contribution in [0.15, 0.2) is 0 Å². The van der Waals surface area contributed by atoms with E-state index < -0.39 is 0 Å². The van der Waals surface area contributed by atoms with Gasteiger partial charge in [0, 0.05) is 13.0 Å². The van der Waals surface area contributed by atoms with E-state index in [1.54, 1.807) is 7.11 Å². The average Bonchev–Trinajstić information content (AvgIpc) is 2.33. The molecule has 0 spiro atoms. The van der Waals surface area contributed by atoms with Crippen molar-refractivity contribution < 1.29 is 9.47 Å². The molecule has 9 heavy (non-hydrogen) atoms. The van der Waals surface area contributed by atoms with E-state index in [4.69, 9.17) is 9.47 Å². The van der Waals surface area contributed by atoms with E-state index in [0.29, 0.717) is 5.92 Å². The standard InChI is InChI=1S/C7H14O2/c1-3-6-4-5-9-7(6)8-2/h6-7H,3-5H2,1-2H3/t6-,7+/m1/s1. The van der Waals surface area contributed by atoms with Crippen molar-refractivity contribution in [3.63, 3.8) is 0 Å². The fraction of sp³-hybridized carbons (Fsp3) is 1.00. The average molecular weight is 130 g/mol. The van der Waals surface area contributed by atoms with E-state index in [0.717, 1.165) is 13.0 Å². The highest BCUT2D eigenvalue weighted by Gasteiger charge is 2.25. The molecule has 2 nitrogen and oxygen atoms in total. The van der Waals surface area contributed by atoms with Crippen LogP contribution in [0.2, 0.25) is 0 Å². The van der Waals surface area contributed by atoms with Gasteiger partial charge in [0.1, 0.15) is 0 Å². The summed E-state index contributed by atoms with van der Waals surface area (Å²) in [6, 6.07) is 0. The molecule has 1 saturated heterocycles. The predicted octanol–water partition coefficient (Wildman–Crippen LogP) is 1.41. The second-order valence-electron chi connectivity index (χ2n) is 2.43. The fourth-order valence-corrected chi connectivity index (χ4v) is 1.26. The lowest BCUT2D eigenvalue weighted by atomic mass is 10.1. The molecule has 0 aromatic carbocycles. The summed E-state index contributed by atoms with van der Waals surface area (Å²) < 4.78 is 10.4. The third-order valence-corrected chi connectivity index (χ3v) is 1.91. The minimum Gasteiger partial charge on any atom is -0.356 e. The van der Waals surface area contributed by atoms with Gasteiger partial charge in [0.2, 0.25) is 0 Å². The lowest BCUT2D eigenvalue weighted by Crippen LogP contribution is -2.16. The van der Waals surface area contributed by atoms with Crippen LogP contribution in [0.4, 0.5) is 0 Å². The zero-order valence-electron chi connectivity index (χ0n) is 6.09. The SMILES string of the molecule is CC[C@@H]1CCO[C@@H]1OC. The molecule has 0 bridgehead atoms. The highest BCUT2D eigenvalue weighted by Crippen LogP contribution is 2.23. The zero-order valence-corrected chi connectivity index (χ0v) is 6.09. The summed E-state index contributed by atoms with van der Waals surface area (Å²) in [6.07, 6.45) is 2.41. The van der Waals surface area contributed by atoms with E-state index >= 15 is 0 Å². The van der Waals surface area contributed by atoms with Gasteiger partial charge < -0.3 is 9.47 Å². The summed E-state index contributed by atoms with van der Waals surface area (Å²) >= 11 is 0. The Bertz CT molecular complexity index is 73.0. The van der Waals surface area contributed by atoms with Gasteiger partial charge in [-0.1, -0.05) is 6.92 Å². The predicted molar refractivity (Wildman–Crippen MR) is 35.1 cm³/mol. The molecule has 0 amide bonds. The summed E-state index contributed by atoms with van der Waals surface area (Å²) in [5.74, 6) is 0.634. The van der Waals surface area contributed by atoms with Crippen LogP contribution in [0.3, 0.4) is 0 Å². The number of rotatable bonds is 2. The van der Waals surface area contributed by atoms with Gasteiger partial charge in [0.05, 0.1) is 6.61 Å². The highest BCUT2D eigenvalue weighted by atomic mass is 16.7. The zero-order chi connectivity index (χ0) is 6.69. The molecule has 0 aliphatic carbocycles. The minimum atomic E-state index is 0.0787. The maximum absolute atomic E-state index is 5.28. The Morgan fingerprint density at radius 1 is 1.67 bits per heavy atom. The number of ether oxygens (including phenoxy) is 2. The molecule has 1 aliphatic heterocycles. The van der Waals surface area contributed by atoms with Crippen LogP contribution < -0.4 is 0 Å². The molecule has 1 heterocycles. The van der Waals surface area contributed by atoms with E-state index in [-0.39, 0.29) is 6.29 Å². The van der Waals surface area contributed by atoms with Gasteiger partial charge in [0.25, 0.3) is 0 Å². The molecule has 0 radical (unpaired) electrons. The number of hydrogen-bond acceptors (Lipinski definition) is 2. The molecule has 0 aromatic heterocycles. The lowest BCUT2D eigenvalue weighted by Gasteiger charge is -2.13. The molecule has 0 N–H and O–H groups in total. The van der Waals surface area contributed by atoms with Gasteiger partial charge in [-0.25, -0.2) is 0 Å². The van der Waals surface area contributed by atoms with Crippen molar-refractivity contribution in [2.24, 2.45) is 5.92 Å². The Labute approximate surface area is 56.2 Å². The van der Waals surface area contributed by atoms with Crippen LogP contribution in [-0.2, 0) is 9.47 Å². The van der Waals surface area contributed by atoms with E-state index in [2.05, 4.69) is 6.92 Å². The lowest BCUT2D eigenvalue weighted by molar-refractivity contribution is -0.110. The second-order valence-corrected chi connectivity index (χ2v) is 2.43. The summed E-state index contributed by atoms with van der Waals surface area (Å²) in [4.78, 5) is 0. The molecule has 0 aromatic rings.